The number of carbonyl (C=O) groups excluding carboxylic acids is 1. The molecule has 3 aromatic rings. The number of rotatable bonds is 3. The minimum atomic E-state index is -0.215. The number of hydrogen-bond acceptors (Lipinski definition) is 4. The third kappa shape index (κ3) is 2.38. The van der Waals surface area contributed by atoms with Crippen LogP contribution in [0.4, 0.5) is 0 Å². The van der Waals surface area contributed by atoms with Gasteiger partial charge in [0.1, 0.15) is 0 Å². The van der Waals surface area contributed by atoms with Crippen LogP contribution in [0.3, 0.4) is 0 Å². The van der Waals surface area contributed by atoms with Crippen molar-refractivity contribution in [3.63, 3.8) is 0 Å². The number of H-pyrrole nitrogens is 1. The number of ether oxygens (including phenoxy) is 2. The van der Waals surface area contributed by atoms with Crippen molar-refractivity contribution in [1.82, 2.24) is 15.5 Å². The van der Waals surface area contributed by atoms with Gasteiger partial charge in [-0.15, -0.1) is 0 Å². The zero-order chi connectivity index (χ0) is 15.8. The van der Waals surface area contributed by atoms with Crippen molar-refractivity contribution in [2.24, 2.45) is 0 Å². The molecule has 1 aliphatic rings. The number of fused-ring (bicyclic) bond motifs is 2. The van der Waals surface area contributed by atoms with Crippen LogP contribution in [0.2, 0.25) is 0 Å². The van der Waals surface area contributed by atoms with Gasteiger partial charge in [-0.3, -0.25) is 9.89 Å². The molecule has 1 atom stereocenters. The smallest absolute Gasteiger partial charge is 0.272 e. The van der Waals surface area contributed by atoms with Crippen LogP contribution in [0.25, 0.3) is 10.9 Å². The van der Waals surface area contributed by atoms with E-state index in [0.717, 1.165) is 22.2 Å². The number of para-hydroxylation sites is 1. The highest BCUT2D eigenvalue weighted by molar-refractivity contribution is 6.04. The molecule has 2 N–H and O–H groups in total. The normalized spacial score (nSPS) is 14.0. The minimum absolute atomic E-state index is 0.174. The maximum absolute atomic E-state index is 12.5. The Morgan fingerprint density at radius 3 is 2.96 bits per heavy atom. The number of hydrogen-bond donors (Lipinski definition) is 2. The molecule has 0 saturated carbocycles. The van der Waals surface area contributed by atoms with Crippen molar-refractivity contribution >= 4 is 16.8 Å². The van der Waals surface area contributed by atoms with E-state index in [0.29, 0.717) is 11.4 Å². The summed E-state index contributed by atoms with van der Waals surface area (Å²) in [6.07, 6.45) is 0. The van der Waals surface area contributed by atoms with Crippen LogP contribution in [0.15, 0.2) is 42.5 Å². The summed E-state index contributed by atoms with van der Waals surface area (Å²) in [5, 5.41) is 10.8. The predicted molar refractivity (Wildman–Crippen MR) is 84.5 cm³/mol. The molecule has 0 saturated heterocycles. The molecule has 1 amide bonds. The summed E-state index contributed by atoms with van der Waals surface area (Å²) >= 11 is 0. The van der Waals surface area contributed by atoms with Crippen molar-refractivity contribution < 1.29 is 14.3 Å². The van der Waals surface area contributed by atoms with Gasteiger partial charge in [0.05, 0.1) is 11.6 Å². The Morgan fingerprint density at radius 2 is 2.04 bits per heavy atom. The quantitative estimate of drug-likeness (QED) is 0.780. The number of benzene rings is 2. The topological polar surface area (TPSA) is 76.2 Å². The van der Waals surface area contributed by atoms with Crippen LogP contribution < -0.4 is 14.8 Å². The Morgan fingerprint density at radius 1 is 1.22 bits per heavy atom. The van der Waals surface area contributed by atoms with Gasteiger partial charge in [-0.2, -0.15) is 5.10 Å². The molecule has 1 aromatic heterocycles. The molecule has 23 heavy (non-hydrogen) atoms. The van der Waals surface area contributed by atoms with Gasteiger partial charge in [0, 0.05) is 5.39 Å². The molecule has 2 aromatic carbocycles. The Balaban J connectivity index is 1.56. The van der Waals surface area contributed by atoms with E-state index in [4.69, 9.17) is 9.47 Å². The lowest BCUT2D eigenvalue weighted by molar-refractivity contribution is 0.0936. The number of aromatic amines is 1. The highest BCUT2D eigenvalue weighted by atomic mass is 16.7. The van der Waals surface area contributed by atoms with Gasteiger partial charge in [0.15, 0.2) is 17.2 Å². The first kappa shape index (κ1) is 13.6. The molecule has 0 fully saturated rings. The lowest BCUT2D eigenvalue weighted by Gasteiger charge is -2.14. The number of nitrogens with one attached hydrogen (secondary N) is 2. The maximum atomic E-state index is 12.5. The third-order valence-electron chi connectivity index (χ3n) is 3.93. The molecule has 2 heterocycles. The molecule has 0 radical (unpaired) electrons. The summed E-state index contributed by atoms with van der Waals surface area (Å²) in [4.78, 5) is 12.5. The molecule has 0 spiro atoms. The Labute approximate surface area is 132 Å². The summed E-state index contributed by atoms with van der Waals surface area (Å²) in [6.45, 7) is 2.16. The van der Waals surface area contributed by atoms with E-state index >= 15 is 0 Å². The number of amides is 1. The van der Waals surface area contributed by atoms with Crippen LogP contribution in [0.5, 0.6) is 11.5 Å². The molecule has 4 rings (SSSR count). The lowest BCUT2D eigenvalue weighted by atomic mass is 10.1. The number of carbonyl (C=O) groups is 1. The van der Waals surface area contributed by atoms with Crippen molar-refractivity contribution in [3.8, 4) is 11.5 Å². The molecule has 1 unspecified atom stereocenters. The number of aromatic nitrogens is 2. The van der Waals surface area contributed by atoms with Crippen molar-refractivity contribution in [1.29, 1.82) is 0 Å². The first-order chi connectivity index (χ1) is 11.2. The van der Waals surface area contributed by atoms with Gasteiger partial charge in [-0.25, -0.2) is 0 Å². The summed E-state index contributed by atoms with van der Waals surface area (Å²) < 4.78 is 10.7. The van der Waals surface area contributed by atoms with Gasteiger partial charge >= 0.3 is 0 Å². The van der Waals surface area contributed by atoms with Gasteiger partial charge in [0.2, 0.25) is 6.79 Å². The average Bonchev–Trinajstić information content (AvgIpc) is 3.20. The van der Waals surface area contributed by atoms with Gasteiger partial charge in [0.25, 0.3) is 5.91 Å². The highest BCUT2D eigenvalue weighted by Gasteiger charge is 2.19. The van der Waals surface area contributed by atoms with Crippen LogP contribution in [-0.2, 0) is 0 Å². The number of nitrogens with zero attached hydrogens (tertiary/aromatic N) is 1. The molecular formula is C17H15N3O3. The average molecular weight is 309 g/mol. The molecule has 116 valence electrons. The van der Waals surface area contributed by atoms with E-state index in [-0.39, 0.29) is 18.7 Å². The minimum Gasteiger partial charge on any atom is -0.454 e. The highest BCUT2D eigenvalue weighted by Crippen LogP contribution is 2.34. The first-order valence-electron chi connectivity index (χ1n) is 7.36. The zero-order valence-electron chi connectivity index (χ0n) is 12.5. The lowest BCUT2D eigenvalue weighted by Crippen LogP contribution is -2.27. The second kappa shape index (κ2) is 5.31. The van der Waals surface area contributed by atoms with E-state index in [2.05, 4.69) is 15.5 Å². The van der Waals surface area contributed by atoms with Gasteiger partial charge in [-0.05, 0) is 30.7 Å². The largest absolute Gasteiger partial charge is 0.454 e. The Bertz CT molecular complexity index is 888. The molecule has 0 bridgehead atoms. The summed E-state index contributed by atoms with van der Waals surface area (Å²) in [7, 11) is 0. The standard InChI is InChI=1S/C17H15N3O3/c1-10(11-6-7-14-15(8-11)23-9-22-14)18-17(21)16-12-4-2-3-5-13(12)19-20-16/h2-8,10H,9H2,1H3,(H,18,21)(H,19,20). The van der Waals surface area contributed by atoms with Crippen LogP contribution in [0, 0.1) is 0 Å². The Hall–Kier alpha value is -3.02. The fourth-order valence-electron chi connectivity index (χ4n) is 2.67. The van der Waals surface area contributed by atoms with Gasteiger partial charge in [-0.1, -0.05) is 24.3 Å². The second-order valence-corrected chi connectivity index (χ2v) is 5.43. The summed E-state index contributed by atoms with van der Waals surface area (Å²) in [5.74, 6) is 1.21. The van der Waals surface area contributed by atoms with E-state index in [1.165, 1.54) is 0 Å². The predicted octanol–water partition coefficient (Wildman–Crippen LogP) is 2.78. The van der Waals surface area contributed by atoms with E-state index in [1.54, 1.807) is 0 Å². The van der Waals surface area contributed by atoms with Crippen molar-refractivity contribution in [2.75, 3.05) is 6.79 Å². The molecule has 6 heteroatoms. The Kier molecular flexibility index (Phi) is 3.15. The van der Waals surface area contributed by atoms with E-state index in [1.807, 2.05) is 49.4 Å². The van der Waals surface area contributed by atoms with Crippen LogP contribution in [-0.4, -0.2) is 22.9 Å². The molecular weight excluding hydrogens is 294 g/mol. The van der Waals surface area contributed by atoms with Gasteiger partial charge < -0.3 is 14.8 Å². The first-order valence-corrected chi connectivity index (χ1v) is 7.36. The molecule has 6 nitrogen and oxygen atoms in total. The van der Waals surface area contributed by atoms with E-state index < -0.39 is 0 Å². The monoisotopic (exact) mass is 309 g/mol. The van der Waals surface area contributed by atoms with E-state index in [9.17, 15) is 4.79 Å². The van der Waals surface area contributed by atoms with Crippen LogP contribution >= 0.6 is 0 Å². The second-order valence-electron chi connectivity index (χ2n) is 5.43. The fraction of sp³-hybridized carbons (Fsp3) is 0.176. The SMILES string of the molecule is CC(NC(=O)c1n[nH]c2ccccc12)c1ccc2c(c1)OCO2. The zero-order valence-corrected chi connectivity index (χ0v) is 12.5. The van der Waals surface area contributed by atoms with Crippen molar-refractivity contribution in [2.45, 2.75) is 13.0 Å². The van der Waals surface area contributed by atoms with Crippen LogP contribution in [0.1, 0.15) is 29.0 Å². The van der Waals surface area contributed by atoms with Crippen molar-refractivity contribution in [3.05, 3.63) is 53.7 Å². The molecule has 1 aliphatic heterocycles. The fourth-order valence-corrected chi connectivity index (χ4v) is 2.67. The summed E-state index contributed by atoms with van der Waals surface area (Å²) in [5.41, 5.74) is 2.18. The molecule has 0 aliphatic carbocycles. The maximum Gasteiger partial charge on any atom is 0.272 e. The third-order valence-corrected chi connectivity index (χ3v) is 3.93. The summed E-state index contributed by atoms with van der Waals surface area (Å²) in [6, 6.07) is 13.0.